The molecule has 0 saturated heterocycles. The number of amides is 2. The first kappa shape index (κ1) is 19.0. The van der Waals surface area contributed by atoms with E-state index in [0.29, 0.717) is 26.1 Å². The molecular weight excluding hydrogens is 292 g/mol. The quantitative estimate of drug-likeness (QED) is 0.558. The third kappa shape index (κ3) is 13.4. The van der Waals surface area contributed by atoms with Gasteiger partial charge in [-0.15, -0.1) is 0 Å². The lowest BCUT2D eigenvalue weighted by atomic mass is 10.3. The van der Waals surface area contributed by atoms with Gasteiger partial charge in [0.2, 0.25) is 0 Å². The van der Waals surface area contributed by atoms with Crippen molar-refractivity contribution in [3.8, 4) is 0 Å². The van der Waals surface area contributed by atoms with Crippen LogP contribution < -0.4 is 9.96 Å². The number of unbranched alkanes of at least 4 members (excludes halogenated alkanes) is 1. The van der Waals surface area contributed by atoms with Crippen LogP contribution in [0.3, 0.4) is 0 Å². The molecule has 0 unspecified atom stereocenters. The van der Waals surface area contributed by atoms with Crippen LogP contribution in [0.1, 0.15) is 12.8 Å². The predicted octanol–water partition coefficient (Wildman–Crippen LogP) is 2.89. The summed E-state index contributed by atoms with van der Waals surface area (Å²) in [5.41, 5.74) is 0. The maximum absolute atomic E-state index is 11.4. The lowest BCUT2D eigenvalue weighted by Crippen LogP contribution is -2.45. The van der Waals surface area contributed by atoms with Crippen LogP contribution in [0.4, 0.5) is 9.59 Å². The zero-order chi connectivity index (χ0) is 15.8. The van der Waals surface area contributed by atoms with E-state index in [9.17, 15) is 9.59 Å². The van der Waals surface area contributed by atoms with Gasteiger partial charge in [-0.25, -0.2) is 9.59 Å². The van der Waals surface area contributed by atoms with E-state index in [2.05, 4.69) is 9.96 Å². The molecule has 6 nitrogen and oxygen atoms in total. The molecule has 118 valence electrons. The molecule has 20 heavy (non-hydrogen) atoms. The van der Waals surface area contributed by atoms with Gasteiger partial charge in [-0.3, -0.25) is 0 Å². The summed E-state index contributed by atoms with van der Waals surface area (Å²) in [6.45, 7) is 12.8. The monoisotopic (exact) mass is 320 g/mol. The summed E-state index contributed by atoms with van der Waals surface area (Å²) in [6.07, 6.45) is 0.640. The summed E-state index contributed by atoms with van der Waals surface area (Å²) in [6, 6.07) is 0. The van der Waals surface area contributed by atoms with E-state index in [-0.39, 0.29) is 12.2 Å². The summed E-state index contributed by atoms with van der Waals surface area (Å²) < 4.78 is 10.1. The molecule has 0 rings (SSSR count). The molecular formula is C12H28N2O4Si2. The Labute approximate surface area is 123 Å². The third-order valence-corrected chi connectivity index (χ3v) is 3.87. The topological polar surface area (TPSA) is 76.7 Å². The van der Waals surface area contributed by atoms with Gasteiger partial charge in [-0.2, -0.15) is 0 Å². The van der Waals surface area contributed by atoms with Crippen molar-refractivity contribution in [3.63, 3.8) is 0 Å². The molecule has 0 aliphatic rings. The minimum atomic E-state index is -1.63. The number of ether oxygens (including phenoxy) is 2. The minimum Gasteiger partial charge on any atom is -0.450 e. The van der Waals surface area contributed by atoms with Crippen molar-refractivity contribution in [2.45, 2.75) is 52.1 Å². The largest absolute Gasteiger partial charge is 0.450 e. The SMILES string of the molecule is C[Si](C)(C)NC(=O)OCCCCOC(=O)N[Si](C)(C)C. The van der Waals surface area contributed by atoms with E-state index in [1.165, 1.54) is 0 Å². The highest BCUT2D eigenvalue weighted by atomic mass is 28.3. The molecule has 2 amide bonds. The number of nitrogens with one attached hydrogen (secondary N) is 2. The molecule has 0 heterocycles. The van der Waals surface area contributed by atoms with Gasteiger partial charge in [-0.1, -0.05) is 39.3 Å². The average Bonchev–Trinajstić information content (AvgIpc) is 2.17. The summed E-state index contributed by atoms with van der Waals surface area (Å²) in [5.74, 6) is 0. The molecule has 0 atom stereocenters. The Morgan fingerprint density at radius 2 is 1.05 bits per heavy atom. The molecule has 0 aromatic rings. The van der Waals surface area contributed by atoms with Crippen molar-refractivity contribution in [1.29, 1.82) is 0 Å². The fourth-order valence-corrected chi connectivity index (χ4v) is 2.59. The van der Waals surface area contributed by atoms with E-state index in [1.54, 1.807) is 0 Å². The number of hydrogen-bond donors (Lipinski definition) is 2. The Morgan fingerprint density at radius 3 is 1.30 bits per heavy atom. The Kier molecular flexibility index (Phi) is 7.88. The van der Waals surface area contributed by atoms with Crippen LogP contribution in [0.25, 0.3) is 0 Å². The highest BCUT2D eigenvalue weighted by Gasteiger charge is 2.18. The fraction of sp³-hybridized carbons (Fsp3) is 0.833. The Bertz CT molecular complexity index is 292. The molecule has 0 aliphatic carbocycles. The van der Waals surface area contributed by atoms with Gasteiger partial charge in [0.15, 0.2) is 16.5 Å². The highest BCUT2D eigenvalue weighted by molar-refractivity contribution is 6.76. The van der Waals surface area contributed by atoms with Crippen LogP contribution in [0.2, 0.25) is 39.3 Å². The van der Waals surface area contributed by atoms with Gasteiger partial charge < -0.3 is 19.4 Å². The molecule has 2 N–H and O–H groups in total. The van der Waals surface area contributed by atoms with E-state index >= 15 is 0 Å². The Hall–Kier alpha value is -1.03. The maximum Gasteiger partial charge on any atom is 0.399 e. The highest BCUT2D eigenvalue weighted by Crippen LogP contribution is 1.98. The lowest BCUT2D eigenvalue weighted by molar-refractivity contribution is 0.134. The van der Waals surface area contributed by atoms with Gasteiger partial charge in [-0.05, 0) is 12.8 Å². The van der Waals surface area contributed by atoms with Crippen LogP contribution in [-0.4, -0.2) is 41.9 Å². The normalized spacial score (nSPS) is 11.7. The van der Waals surface area contributed by atoms with E-state index in [0.717, 1.165) is 0 Å². The predicted molar refractivity (Wildman–Crippen MR) is 84.9 cm³/mol. The van der Waals surface area contributed by atoms with E-state index < -0.39 is 16.5 Å². The number of hydrogen-bond acceptors (Lipinski definition) is 4. The van der Waals surface area contributed by atoms with Gasteiger partial charge in [0, 0.05) is 0 Å². The van der Waals surface area contributed by atoms with Gasteiger partial charge in [0.25, 0.3) is 0 Å². The minimum absolute atomic E-state index is 0.343. The van der Waals surface area contributed by atoms with Crippen LogP contribution in [-0.2, 0) is 9.47 Å². The Morgan fingerprint density at radius 1 is 0.750 bits per heavy atom. The summed E-state index contributed by atoms with van der Waals surface area (Å²) in [7, 11) is -3.26. The molecule has 0 aromatic heterocycles. The first-order chi connectivity index (χ1) is 8.99. The van der Waals surface area contributed by atoms with Crippen molar-refractivity contribution in [2.75, 3.05) is 13.2 Å². The molecule has 0 spiro atoms. The van der Waals surface area contributed by atoms with Gasteiger partial charge >= 0.3 is 12.2 Å². The number of carbonyl (C=O) groups excluding carboxylic acids is 2. The van der Waals surface area contributed by atoms with Crippen LogP contribution in [0, 0.1) is 0 Å². The number of carbonyl (C=O) groups is 2. The van der Waals surface area contributed by atoms with Crippen molar-refractivity contribution in [2.24, 2.45) is 0 Å². The standard InChI is InChI=1S/C12H28N2O4Si2/c1-19(2,3)13-11(15)17-9-7-8-10-18-12(16)14-20(4,5)6/h7-10H2,1-6H3,(H,13,15)(H,14,16). The van der Waals surface area contributed by atoms with Crippen molar-refractivity contribution < 1.29 is 19.1 Å². The molecule has 0 aliphatic heterocycles. The fourth-order valence-electron chi connectivity index (χ4n) is 1.22. The third-order valence-electron chi connectivity index (χ3n) is 1.96. The molecule has 0 aromatic carbocycles. The zero-order valence-corrected chi connectivity index (χ0v) is 15.5. The van der Waals surface area contributed by atoms with Crippen molar-refractivity contribution >= 4 is 28.7 Å². The van der Waals surface area contributed by atoms with E-state index in [4.69, 9.17) is 9.47 Å². The van der Waals surface area contributed by atoms with Crippen molar-refractivity contribution in [3.05, 3.63) is 0 Å². The maximum atomic E-state index is 11.4. The number of rotatable bonds is 7. The van der Waals surface area contributed by atoms with Crippen LogP contribution >= 0.6 is 0 Å². The van der Waals surface area contributed by atoms with Crippen LogP contribution in [0.15, 0.2) is 0 Å². The van der Waals surface area contributed by atoms with Crippen LogP contribution in [0.5, 0.6) is 0 Å². The zero-order valence-electron chi connectivity index (χ0n) is 13.5. The Balaban J connectivity index is 3.54. The second-order valence-corrected chi connectivity index (χ2v) is 16.2. The smallest absolute Gasteiger partial charge is 0.399 e. The molecule has 0 fully saturated rings. The first-order valence-corrected chi connectivity index (χ1v) is 13.9. The second kappa shape index (κ2) is 8.30. The van der Waals surface area contributed by atoms with E-state index in [1.807, 2.05) is 39.3 Å². The second-order valence-electron chi connectivity index (χ2n) is 6.73. The van der Waals surface area contributed by atoms with Gasteiger partial charge in [0.1, 0.15) is 0 Å². The summed E-state index contributed by atoms with van der Waals surface area (Å²) in [4.78, 5) is 28.4. The summed E-state index contributed by atoms with van der Waals surface area (Å²) in [5, 5.41) is 0. The van der Waals surface area contributed by atoms with Crippen molar-refractivity contribution in [1.82, 2.24) is 9.96 Å². The lowest BCUT2D eigenvalue weighted by Gasteiger charge is -2.18. The summed E-state index contributed by atoms with van der Waals surface area (Å²) >= 11 is 0. The average molecular weight is 321 g/mol. The molecule has 8 heteroatoms. The molecule has 0 saturated carbocycles. The molecule has 0 bridgehead atoms. The first-order valence-electron chi connectivity index (χ1n) is 6.89. The molecule has 0 radical (unpaired) electrons. The van der Waals surface area contributed by atoms with Gasteiger partial charge in [0.05, 0.1) is 13.2 Å².